The third kappa shape index (κ3) is 4.14. The van der Waals surface area contributed by atoms with Gasteiger partial charge in [0.1, 0.15) is 0 Å². The van der Waals surface area contributed by atoms with Crippen molar-refractivity contribution in [2.75, 3.05) is 17.2 Å². The highest BCUT2D eigenvalue weighted by Crippen LogP contribution is 2.23. The minimum atomic E-state index is -0.902. The number of urea groups is 1. The van der Waals surface area contributed by atoms with Gasteiger partial charge in [-0.3, -0.25) is 0 Å². The molecule has 0 fully saturated rings. The number of rotatable bonds is 3. The summed E-state index contributed by atoms with van der Waals surface area (Å²) in [6, 6.07) is 13.1. The van der Waals surface area contributed by atoms with E-state index in [4.69, 9.17) is 5.11 Å². The Morgan fingerprint density at radius 1 is 1.04 bits per heavy atom. The van der Waals surface area contributed by atoms with E-state index in [0.717, 1.165) is 16.8 Å². The molecule has 3 amide bonds. The van der Waals surface area contributed by atoms with E-state index in [0.29, 0.717) is 31.1 Å². The van der Waals surface area contributed by atoms with E-state index < -0.39 is 6.09 Å². The van der Waals surface area contributed by atoms with E-state index in [-0.39, 0.29) is 6.03 Å². The summed E-state index contributed by atoms with van der Waals surface area (Å²) in [5.41, 5.74) is 4.67. The number of hydrogen-bond donors (Lipinski definition) is 3. The van der Waals surface area contributed by atoms with Gasteiger partial charge in [0.2, 0.25) is 0 Å². The molecule has 2 aromatic rings. The van der Waals surface area contributed by atoms with Crippen LogP contribution in [-0.2, 0) is 13.0 Å². The van der Waals surface area contributed by atoms with Crippen molar-refractivity contribution in [3.05, 3.63) is 59.2 Å². The molecular formula is C20H23N3O3. The van der Waals surface area contributed by atoms with Crippen LogP contribution in [0.25, 0.3) is 0 Å². The maximum absolute atomic E-state index is 12.3. The van der Waals surface area contributed by atoms with Crippen molar-refractivity contribution >= 4 is 23.5 Å². The van der Waals surface area contributed by atoms with Crippen molar-refractivity contribution in [3.63, 3.8) is 0 Å². The van der Waals surface area contributed by atoms with Crippen LogP contribution in [0.3, 0.4) is 0 Å². The van der Waals surface area contributed by atoms with Gasteiger partial charge in [-0.15, -0.1) is 0 Å². The summed E-state index contributed by atoms with van der Waals surface area (Å²) in [5.74, 6) is 0.394. The molecule has 1 aliphatic heterocycles. The molecule has 3 rings (SSSR count). The molecule has 0 spiro atoms. The lowest BCUT2D eigenvalue weighted by atomic mass is 9.99. The quantitative estimate of drug-likeness (QED) is 0.760. The molecule has 0 atom stereocenters. The number of amides is 3. The van der Waals surface area contributed by atoms with Gasteiger partial charge in [-0.2, -0.15) is 0 Å². The van der Waals surface area contributed by atoms with Crippen molar-refractivity contribution in [2.24, 2.45) is 0 Å². The third-order valence-electron chi connectivity index (χ3n) is 4.56. The molecule has 26 heavy (non-hydrogen) atoms. The normalized spacial score (nSPS) is 13.3. The molecule has 0 aromatic heterocycles. The van der Waals surface area contributed by atoms with Gasteiger partial charge in [-0.25, -0.2) is 9.59 Å². The fraction of sp³-hybridized carbons (Fsp3) is 0.300. The monoisotopic (exact) mass is 353 g/mol. The Morgan fingerprint density at radius 3 is 2.46 bits per heavy atom. The molecule has 0 unspecified atom stereocenters. The zero-order valence-electron chi connectivity index (χ0n) is 15.0. The molecule has 136 valence electrons. The Hall–Kier alpha value is -3.02. The second-order valence-electron chi connectivity index (χ2n) is 6.80. The van der Waals surface area contributed by atoms with Crippen LogP contribution in [0, 0.1) is 0 Å². The molecule has 0 bridgehead atoms. The average Bonchev–Trinajstić information content (AvgIpc) is 2.61. The summed E-state index contributed by atoms with van der Waals surface area (Å²) in [5, 5.41) is 14.8. The maximum Gasteiger partial charge on any atom is 0.407 e. The predicted octanol–water partition coefficient (Wildman–Crippen LogP) is 4.49. The van der Waals surface area contributed by atoms with Gasteiger partial charge in [-0.05, 0) is 53.3 Å². The Balaban J connectivity index is 1.65. The van der Waals surface area contributed by atoms with Crippen molar-refractivity contribution < 1.29 is 14.7 Å². The lowest BCUT2D eigenvalue weighted by molar-refractivity contribution is 0.140. The zero-order valence-corrected chi connectivity index (χ0v) is 15.0. The molecule has 0 saturated heterocycles. The lowest BCUT2D eigenvalue weighted by Gasteiger charge is -2.26. The Kier molecular flexibility index (Phi) is 5.11. The first-order valence-corrected chi connectivity index (χ1v) is 8.70. The topological polar surface area (TPSA) is 81.7 Å². The molecule has 0 radical (unpaired) electrons. The second-order valence-corrected chi connectivity index (χ2v) is 6.80. The summed E-state index contributed by atoms with van der Waals surface area (Å²) in [6.07, 6.45) is -0.254. The summed E-state index contributed by atoms with van der Waals surface area (Å²) in [7, 11) is 0. The summed E-state index contributed by atoms with van der Waals surface area (Å²) in [4.78, 5) is 24.7. The Morgan fingerprint density at radius 2 is 1.77 bits per heavy atom. The first-order valence-electron chi connectivity index (χ1n) is 8.70. The SMILES string of the molecule is CC(C)c1cccc(NC(=O)Nc2ccc3c(c2)CCN(C(=O)O)C3)c1. The highest BCUT2D eigenvalue weighted by Gasteiger charge is 2.20. The summed E-state index contributed by atoms with van der Waals surface area (Å²) < 4.78 is 0. The predicted molar refractivity (Wildman–Crippen MR) is 102 cm³/mol. The van der Waals surface area contributed by atoms with E-state index in [1.165, 1.54) is 10.5 Å². The van der Waals surface area contributed by atoms with Gasteiger partial charge in [0, 0.05) is 24.5 Å². The van der Waals surface area contributed by atoms with Crippen LogP contribution >= 0.6 is 0 Å². The molecule has 1 aliphatic rings. The minimum absolute atomic E-state index is 0.297. The number of fused-ring (bicyclic) bond motifs is 1. The van der Waals surface area contributed by atoms with Gasteiger partial charge in [-0.1, -0.05) is 32.0 Å². The smallest absolute Gasteiger partial charge is 0.407 e. The molecule has 2 aromatic carbocycles. The average molecular weight is 353 g/mol. The number of carbonyl (C=O) groups is 2. The van der Waals surface area contributed by atoms with Crippen LogP contribution in [-0.4, -0.2) is 28.7 Å². The maximum atomic E-state index is 12.3. The third-order valence-corrected chi connectivity index (χ3v) is 4.56. The molecule has 6 nitrogen and oxygen atoms in total. The van der Waals surface area contributed by atoms with Crippen molar-refractivity contribution in [2.45, 2.75) is 32.7 Å². The van der Waals surface area contributed by atoms with Crippen LogP contribution in [0.5, 0.6) is 0 Å². The van der Waals surface area contributed by atoms with E-state index in [9.17, 15) is 9.59 Å². The number of benzene rings is 2. The molecule has 0 saturated carbocycles. The van der Waals surface area contributed by atoms with Crippen molar-refractivity contribution in [1.82, 2.24) is 4.90 Å². The summed E-state index contributed by atoms with van der Waals surface area (Å²) in [6.45, 7) is 5.08. The number of hydrogen-bond acceptors (Lipinski definition) is 2. The number of carbonyl (C=O) groups excluding carboxylic acids is 1. The molecule has 6 heteroatoms. The van der Waals surface area contributed by atoms with Crippen LogP contribution in [0.15, 0.2) is 42.5 Å². The second kappa shape index (κ2) is 7.47. The van der Waals surface area contributed by atoms with Crippen molar-refractivity contribution in [3.8, 4) is 0 Å². The fourth-order valence-electron chi connectivity index (χ4n) is 3.06. The van der Waals surface area contributed by atoms with Crippen LogP contribution in [0.2, 0.25) is 0 Å². The number of nitrogens with one attached hydrogen (secondary N) is 2. The standard InChI is InChI=1S/C20H23N3O3/c1-13(2)14-4-3-5-17(10-14)21-19(24)22-18-7-6-16-12-23(20(25)26)9-8-15(16)11-18/h3-7,10-11,13H,8-9,12H2,1-2H3,(H,25,26)(H2,21,22,24). The van der Waals surface area contributed by atoms with Crippen molar-refractivity contribution in [1.29, 1.82) is 0 Å². The summed E-state index contributed by atoms with van der Waals surface area (Å²) >= 11 is 0. The van der Waals surface area contributed by atoms with Gasteiger partial charge >= 0.3 is 12.1 Å². The molecular weight excluding hydrogens is 330 g/mol. The van der Waals surface area contributed by atoms with Crippen LogP contribution < -0.4 is 10.6 Å². The Bertz CT molecular complexity index is 833. The van der Waals surface area contributed by atoms with Gasteiger partial charge < -0.3 is 20.6 Å². The van der Waals surface area contributed by atoms with E-state index in [1.807, 2.05) is 36.4 Å². The highest BCUT2D eigenvalue weighted by atomic mass is 16.4. The number of nitrogens with zero attached hydrogens (tertiary/aromatic N) is 1. The highest BCUT2D eigenvalue weighted by molar-refractivity contribution is 5.99. The van der Waals surface area contributed by atoms with Gasteiger partial charge in [0.15, 0.2) is 0 Å². The Labute approximate surface area is 152 Å². The molecule has 0 aliphatic carbocycles. The van der Waals surface area contributed by atoms with E-state index in [2.05, 4.69) is 24.5 Å². The number of anilines is 2. The molecule has 1 heterocycles. The first kappa shape index (κ1) is 17.8. The van der Waals surface area contributed by atoms with E-state index >= 15 is 0 Å². The largest absolute Gasteiger partial charge is 0.465 e. The van der Waals surface area contributed by atoms with Gasteiger partial charge in [0.05, 0.1) is 0 Å². The fourth-order valence-corrected chi connectivity index (χ4v) is 3.06. The lowest BCUT2D eigenvalue weighted by Crippen LogP contribution is -2.34. The van der Waals surface area contributed by atoms with Crippen LogP contribution in [0.4, 0.5) is 21.0 Å². The molecule has 3 N–H and O–H groups in total. The van der Waals surface area contributed by atoms with E-state index in [1.54, 1.807) is 6.07 Å². The first-order chi connectivity index (χ1) is 12.4. The van der Waals surface area contributed by atoms with Crippen LogP contribution in [0.1, 0.15) is 36.5 Å². The minimum Gasteiger partial charge on any atom is -0.465 e. The number of carboxylic acid groups (broad SMARTS) is 1. The van der Waals surface area contributed by atoms with Gasteiger partial charge in [0.25, 0.3) is 0 Å². The zero-order chi connectivity index (χ0) is 18.7.